The molecule has 1 unspecified atom stereocenters. The zero-order chi connectivity index (χ0) is 24.2. The topological polar surface area (TPSA) is 266 Å². The van der Waals surface area contributed by atoms with Crippen LogP contribution in [0.3, 0.4) is 0 Å². The van der Waals surface area contributed by atoms with Gasteiger partial charge in [-0.05, 0) is 0 Å². The van der Waals surface area contributed by atoms with Crippen LogP contribution in [0.5, 0.6) is 0 Å². The van der Waals surface area contributed by atoms with Gasteiger partial charge in [-0.1, -0.05) is 0 Å². The molecular weight excluding hydrogens is 467 g/mol. The second-order valence-corrected chi connectivity index (χ2v) is 8.52. The van der Waals surface area contributed by atoms with Crippen LogP contribution in [0.25, 0.3) is 0 Å². The van der Waals surface area contributed by atoms with E-state index in [1.165, 1.54) is 0 Å². The van der Waals surface area contributed by atoms with Gasteiger partial charge in [-0.15, -0.1) is 0 Å². The molecule has 0 aromatic carbocycles. The van der Waals surface area contributed by atoms with Crippen molar-refractivity contribution in [3.63, 3.8) is 0 Å². The van der Waals surface area contributed by atoms with Crippen LogP contribution < -0.4 is 0 Å². The molecular formula is C15H29O16P. The van der Waals surface area contributed by atoms with Crippen molar-refractivity contribution in [3.05, 3.63) is 0 Å². The maximum atomic E-state index is 10.9. The van der Waals surface area contributed by atoms with E-state index >= 15 is 0 Å². The minimum absolute atomic E-state index is 0.518. The number of ether oxygens (including phenoxy) is 4. The molecule has 190 valence electrons. The molecule has 0 aliphatic carbocycles. The van der Waals surface area contributed by atoms with Crippen LogP contribution in [0.1, 0.15) is 0 Å². The van der Waals surface area contributed by atoms with Gasteiger partial charge in [-0.25, -0.2) is 4.57 Å². The maximum absolute atomic E-state index is 10.9. The van der Waals surface area contributed by atoms with Crippen LogP contribution in [-0.4, -0.2) is 145 Å². The Morgan fingerprint density at radius 3 is 2.00 bits per heavy atom. The minimum Gasteiger partial charge on any atom is -0.394 e. The smallest absolute Gasteiger partial charge is 0.394 e. The molecule has 2 aliphatic rings. The Morgan fingerprint density at radius 2 is 1.44 bits per heavy atom. The van der Waals surface area contributed by atoms with Crippen molar-refractivity contribution in [2.75, 3.05) is 26.4 Å². The molecule has 2 heterocycles. The molecule has 0 bridgehead atoms. The van der Waals surface area contributed by atoms with E-state index in [2.05, 4.69) is 4.52 Å². The molecule has 17 heteroatoms. The monoisotopic (exact) mass is 496 g/mol. The second-order valence-electron chi connectivity index (χ2n) is 7.28. The van der Waals surface area contributed by atoms with E-state index in [9.17, 15) is 40.3 Å². The van der Waals surface area contributed by atoms with Crippen molar-refractivity contribution in [2.24, 2.45) is 0 Å². The van der Waals surface area contributed by atoms with Gasteiger partial charge in [0.1, 0.15) is 54.9 Å². The van der Waals surface area contributed by atoms with E-state index in [0.29, 0.717) is 0 Å². The molecule has 0 aromatic rings. The Kier molecular flexibility index (Phi) is 10.3. The summed E-state index contributed by atoms with van der Waals surface area (Å²) in [5, 5.41) is 78.4. The van der Waals surface area contributed by atoms with Crippen molar-refractivity contribution in [1.29, 1.82) is 0 Å². The molecule has 2 aliphatic heterocycles. The summed E-state index contributed by atoms with van der Waals surface area (Å²) in [5.41, 5.74) is 0. The van der Waals surface area contributed by atoms with E-state index in [4.69, 9.17) is 33.8 Å². The number of aliphatic hydroxyl groups excluding tert-OH is 8. The summed E-state index contributed by atoms with van der Waals surface area (Å²) < 4.78 is 36.3. The second kappa shape index (κ2) is 11.9. The van der Waals surface area contributed by atoms with Crippen LogP contribution in [0.15, 0.2) is 0 Å². The third kappa shape index (κ3) is 7.07. The number of hydrogen-bond acceptors (Lipinski definition) is 14. The number of phosphoric acid groups is 1. The highest BCUT2D eigenvalue weighted by Crippen LogP contribution is 2.37. The molecule has 0 amide bonds. The van der Waals surface area contributed by atoms with Crippen molar-refractivity contribution < 1.29 is 78.7 Å². The molecule has 0 saturated carbocycles. The van der Waals surface area contributed by atoms with Crippen molar-refractivity contribution in [2.45, 2.75) is 67.5 Å². The van der Waals surface area contributed by atoms with Crippen LogP contribution in [0.4, 0.5) is 0 Å². The van der Waals surface area contributed by atoms with Gasteiger partial charge in [0.05, 0.1) is 26.4 Å². The summed E-state index contributed by atoms with van der Waals surface area (Å²) in [6.07, 6.45) is -18.5. The van der Waals surface area contributed by atoms with Gasteiger partial charge in [0, 0.05) is 0 Å². The first-order valence-corrected chi connectivity index (χ1v) is 11.0. The minimum atomic E-state index is -4.97. The number of phosphoric ester groups is 1. The van der Waals surface area contributed by atoms with Crippen molar-refractivity contribution in [3.8, 4) is 0 Å². The zero-order valence-electron chi connectivity index (χ0n) is 16.5. The van der Waals surface area contributed by atoms with E-state index < -0.39 is 102 Å². The predicted octanol–water partition coefficient (Wildman–Crippen LogP) is -5.90. The number of rotatable bonds is 10. The first kappa shape index (κ1) is 27.9. The zero-order valence-corrected chi connectivity index (χ0v) is 17.4. The molecule has 10 N–H and O–H groups in total. The summed E-state index contributed by atoms with van der Waals surface area (Å²) in [4.78, 5) is 17.6. The standard InChI is InChI=1S/C15H29O16P/c16-1-5(18)3-27-15-13(11(22)8(19)6(2-17)29-15)31-14-12(23)10(21)9(20)7(30-14)4-28-32(24,25)26/h5-23H,1-4H2,(H2,24,25,26)/t5?,6-,7-,8-,9+,10+,11+,12-,13-,14-,15+/m1/s1. The molecule has 0 aromatic heterocycles. The van der Waals surface area contributed by atoms with Gasteiger partial charge >= 0.3 is 7.82 Å². The molecule has 32 heavy (non-hydrogen) atoms. The molecule has 0 radical (unpaired) electrons. The Hall–Kier alpha value is -0.370. The predicted molar refractivity (Wildman–Crippen MR) is 96.4 cm³/mol. The summed E-state index contributed by atoms with van der Waals surface area (Å²) in [6.45, 7) is -2.84. The van der Waals surface area contributed by atoms with E-state index in [1.807, 2.05) is 0 Å². The van der Waals surface area contributed by atoms with Gasteiger partial charge in [-0.3, -0.25) is 4.52 Å². The Balaban J connectivity index is 2.16. The number of hydrogen-bond donors (Lipinski definition) is 10. The lowest BCUT2D eigenvalue weighted by Gasteiger charge is -2.46. The summed E-state index contributed by atoms with van der Waals surface area (Å²) >= 11 is 0. The molecule has 2 fully saturated rings. The van der Waals surface area contributed by atoms with Crippen LogP contribution in [-0.2, 0) is 28.0 Å². The highest BCUT2D eigenvalue weighted by molar-refractivity contribution is 7.46. The quantitative estimate of drug-likeness (QED) is 0.126. The maximum Gasteiger partial charge on any atom is 0.469 e. The van der Waals surface area contributed by atoms with Crippen LogP contribution in [0, 0.1) is 0 Å². The average Bonchev–Trinajstić information content (AvgIpc) is 2.74. The lowest BCUT2D eigenvalue weighted by atomic mass is 9.97. The van der Waals surface area contributed by atoms with Gasteiger partial charge in [-0.2, -0.15) is 0 Å². The third-order valence-electron chi connectivity index (χ3n) is 4.85. The summed E-state index contributed by atoms with van der Waals surface area (Å²) in [5.74, 6) is 0. The number of aliphatic hydroxyl groups is 8. The highest BCUT2D eigenvalue weighted by Gasteiger charge is 2.51. The Bertz CT molecular complexity index is 618. The SMILES string of the molecule is O=P(O)(O)OC[C@H]1O[C@H](O[C@H]2[C@@H](OCC(O)CO)O[C@H](CO)[C@@H](O)[C@@H]2O)[C@H](O)[C@@H](O)[C@H]1O. The Morgan fingerprint density at radius 1 is 0.844 bits per heavy atom. The molecule has 2 rings (SSSR count). The van der Waals surface area contributed by atoms with E-state index in [1.54, 1.807) is 0 Å². The highest BCUT2D eigenvalue weighted by atomic mass is 31.2. The third-order valence-corrected chi connectivity index (χ3v) is 5.34. The first-order valence-electron chi connectivity index (χ1n) is 9.47. The summed E-state index contributed by atoms with van der Waals surface area (Å²) in [7, 11) is -4.97. The molecule has 11 atom stereocenters. The van der Waals surface area contributed by atoms with Gasteiger partial charge in [0.15, 0.2) is 12.6 Å². The fourth-order valence-electron chi connectivity index (χ4n) is 3.09. The van der Waals surface area contributed by atoms with Gasteiger partial charge < -0.3 is 69.6 Å². The van der Waals surface area contributed by atoms with Crippen LogP contribution >= 0.6 is 7.82 Å². The van der Waals surface area contributed by atoms with Crippen molar-refractivity contribution >= 4 is 7.82 Å². The molecule has 0 spiro atoms. The van der Waals surface area contributed by atoms with Crippen LogP contribution in [0.2, 0.25) is 0 Å². The van der Waals surface area contributed by atoms with Gasteiger partial charge in [0.25, 0.3) is 0 Å². The normalized spacial score (nSPS) is 42.1. The lowest BCUT2D eigenvalue weighted by Crippen LogP contribution is -2.64. The average molecular weight is 496 g/mol. The van der Waals surface area contributed by atoms with E-state index in [-0.39, 0.29) is 0 Å². The summed E-state index contributed by atoms with van der Waals surface area (Å²) in [6, 6.07) is 0. The lowest BCUT2D eigenvalue weighted by molar-refractivity contribution is -0.368. The largest absolute Gasteiger partial charge is 0.469 e. The Labute approximate surface area is 181 Å². The van der Waals surface area contributed by atoms with E-state index in [0.717, 1.165) is 0 Å². The molecule has 16 nitrogen and oxygen atoms in total. The fourth-order valence-corrected chi connectivity index (χ4v) is 3.43. The molecule has 2 saturated heterocycles. The fraction of sp³-hybridized carbons (Fsp3) is 1.00. The van der Waals surface area contributed by atoms with Gasteiger partial charge in [0.2, 0.25) is 0 Å². The first-order chi connectivity index (χ1) is 14.9. The van der Waals surface area contributed by atoms with Crippen molar-refractivity contribution in [1.82, 2.24) is 0 Å².